The molecule has 2 aromatic rings. The molecule has 0 bridgehead atoms. The first-order valence-corrected chi connectivity index (χ1v) is 9.55. The number of aryl methyl sites for hydroxylation is 1. The third kappa shape index (κ3) is 3.60. The van der Waals surface area contributed by atoms with Crippen molar-refractivity contribution >= 4 is 23.0 Å². The third-order valence-corrected chi connectivity index (χ3v) is 6.47. The first kappa shape index (κ1) is 18.8. The maximum atomic E-state index is 11.1. The van der Waals surface area contributed by atoms with Gasteiger partial charge in [-0.2, -0.15) is 0 Å². The highest BCUT2D eigenvalue weighted by Gasteiger charge is 2.43. The number of aromatic nitrogens is 1. The number of anilines is 1. The first-order chi connectivity index (χ1) is 12.3. The molecule has 6 nitrogen and oxygen atoms in total. The van der Waals surface area contributed by atoms with Crippen molar-refractivity contribution in [2.75, 3.05) is 12.3 Å². The summed E-state index contributed by atoms with van der Waals surface area (Å²) < 4.78 is 0. The second-order valence-electron chi connectivity index (χ2n) is 7.13. The molecule has 1 heterocycles. The summed E-state index contributed by atoms with van der Waals surface area (Å²) in [6.45, 7) is 1.53. The summed E-state index contributed by atoms with van der Waals surface area (Å²) in [5, 5.41) is 30.7. The van der Waals surface area contributed by atoms with Gasteiger partial charge in [-0.1, -0.05) is 6.07 Å². The molecule has 1 aliphatic rings. The van der Waals surface area contributed by atoms with Gasteiger partial charge in [-0.3, -0.25) is 4.79 Å². The van der Waals surface area contributed by atoms with Gasteiger partial charge in [-0.05, 0) is 61.8 Å². The van der Waals surface area contributed by atoms with Crippen LogP contribution in [0.15, 0.2) is 24.4 Å². The Bertz CT molecular complexity index is 778. The van der Waals surface area contributed by atoms with Crippen molar-refractivity contribution in [2.24, 2.45) is 11.8 Å². The predicted molar refractivity (Wildman–Crippen MR) is 101 cm³/mol. The van der Waals surface area contributed by atoms with Crippen LogP contribution in [0.1, 0.15) is 36.3 Å². The van der Waals surface area contributed by atoms with E-state index < -0.39 is 18.2 Å². The Morgan fingerprint density at radius 1 is 1.31 bits per heavy atom. The fraction of sp³-hybridized carbons (Fsp3) is 0.474. The molecule has 1 aromatic heterocycles. The number of rotatable bonds is 5. The number of aliphatic carboxylic acids is 1. The van der Waals surface area contributed by atoms with Gasteiger partial charge < -0.3 is 21.1 Å². The molecule has 7 heteroatoms. The molecule has 1 unspecified atom stereocenters. The van der Waals surface area contributed by atoms with Gasteiger partial charge in [-0.25, -0.2) is 4.98 Å². The smallest absolute Gasteiger partial charge is 0.306 e. The Morgan fingerprint density at radius 3 is 2.58 bits per heavy atom. The van der Waals surface area contributed by atoms with Gasteiger partial charge in [0.25, 0.3) is 0 Å². The average Bonchev–Trinajstić information content (AvgIpc) is 3.11. The van der Waals surface area contributed by atoms with Crippen molar-refractivity contribution < 1.29 is 20.1 Å². The topological polar surface area (TPSA) is 117 Å². The van der Waals surface area contributed by atoms with E-state index in [2.05, 4.69) is 4.98 Å². The number of benzene rings is 1. The van der Waals surface area contributed by atoms with Crippen LogP contribution < -0.4 is 5.73 Å². The van der Waals surface area contributed by atoms with Crippen LogP contribution >= 0.6 is 11.3 Å². The lowest BCUT2D eigenvalue weighted by Gasteiger charge is -2.37. The first-order valence-electron chi connectivity index (χ1n) is 8.73. The molecule has 1 aromatic carbocycles. The third-order valence-electron chi connectivity index (χ3n) is 5.25. The van der Waals surface area contributed by atoms with Crippen LogP contribution in [-0.4, -0.2) is 32.9 Å². The van der Waals surface area contributed by atoms with Crippen LogP contribution in [0.2, 0.25) is 0 Å². The molecule has 1 fully saturated rings. The summed E-state index contributed by atoms with van der Waals surface area (Å²) in [4.78, 5) is 16.4. The number of nitrogens with two attached hydrogens (primary N) is 1. The van der Waals surface area contributed by atoms with Crippen LogP contribution in [0, 0.1) is 18.8 Å². The van der Waals surface area contributed by atoms with E-state index in [1.165, 1.54) is 11.3 Å². The minimum atomic E-state index is -1.44. The summed E-state index contributed by atoms with van der Waals surface area (Å²) in [6, 6.07) is 5.75. The van der Waals surface area contributed by atoms with Crippen molar-refractivity contribution in [3.8, 4) is 10.4 Å². The van der Waals surface area contributed by atoms with Crippen LogP contribution in [0.3, 0.4) is 0 Å². The molecule has 140 valence electrons. The number of thiazole rings is 1. The van der Waals surface area contributed by atoms with Gasteiger partial charge >= 0.3 is 5.97 Å². The molecule has 0 amide bonds. The van der Waals surface area contributed by atoms with Crippen LogP contribution in [-0.2, 0) is 10.4 Å². The quantitative estimate of drug-likeness (QED) is 0.596. The largest absolute Gasteiger partial charge is 0.481 e. The zero-order valence-electron chi connectivity index (χ0n) is 14.7. The Kier molecular flexibility index (Phi) is 5.32. The lowest BCUT2D eigenvalue weighted by Crippen LogP contribution is -2.41. The fourth-order valence-electron chi connectivity index (χ4n) is 3.75. The second-order valence-corrected chi connectivity index (χ2v) is 8.16. The van der Waals surface area contributed by atoms with E-state index in [0.29, 0.717) is 36.4 Å². The number of carboxylic acid groups (broad SMARTS) is 1. The zero-order chi connectivity index (χ0) is 18.9. The molecule has 0 spiro atoms. The van der Waals surface area contributed by atoms with E-state index in [1.54, 1.807) is 6.20 Å². The number of nitrogens with zero attached hydrogens (tertiary/aromatic N) is 1. The van der Waals surface area contributed by atoms with Crippen LogP contribution in [0.25, 0.3) is 10.4 Å². The highest BCUT2D eigenvalue weighted by molar-refractivity contribution is 7.15. The summed E-state index contributed by atoms with van der Waals surface area (Å²) in [5.41, 5.74) is 7.11. The normalized spacial score (nSPS) is 22.7. The minimum absolute atomic E-state index is 0.204. The van der Waals surface area contributed by atoms with E-state index >= 15 is 0 Å². The standard InChI is InChI=1S/C19H24N2O4S/c1-11-6-13(8-15(20)7-11)16-9-21-18(26-16)19(25,10-22)14-4-2-12(3-5-14)17(23)24/h6-9,12,14,22,25H,2-5,10,20H2,1H3,(H,23,24). The van der Waals surface area contributed by atoms with Gasteiger partial charge in [0.15, 0.2) is 0 Å². The van der Waals surface area contributed by atoms with Crippen LogP contribution in [0.5, 0.6) is 0 Å². The highest BCUT2D eigenvalue weighted by Crippen LogP contribution is 2.43. The minimum Gasteiger partial charge on any atom is -0.481 e. The molecule has 1 aliphatic carbocycles. The fourth-order valence-corrected chi connectivity index (χ4v) is 4.81. The summed E-state index contributed by atoms with van der Waals surface area (Å²) in [7, 11) is 0. The molecular formula is C19H24N2O4S. The number of hydrogen-bond donors (Lipinski definition) is 4. The molecule has 0 radical (unpaired) electrons. The van der Waals surface area contributed by atoms with E-state index in [9.17, 15) is 15.0 Å². The Hall–Kier alpha value is -1.96. The zero-order valence-corrected chi connectivity index (χ0v) is 15.5. The molecule has 0 saturated heterocycles. The Labute approximate surface area is 156 Å². The van der Waals surface area contributed by atoms with Crippen molar-refractivity contribution in [3.63, 3.8) is 0 Å². The van der Waals surface area contributed by atoms with Gasteiger partial charge in [-0.15, -0.1) is 11.3 Å². The molecule has 5 N–H and O–H groups in total. The predicted octanol–water partition coefficient (Wildman–Crippen LogP) is 2.77. The average molecular weight is 376 g/mol. The van der Waals surface area contributed by atoms with Crippen molar-refractivity contribution in [2.45, 2.75) is 38.2 Å². The van der Waals surface area contributed by atoms with Crippen molar-refractivity contribution in [1.82, 2.24) is 4.98 Å². The Morgan fingerprint density at radius 2 is 2.00 bits per heavy atom. The van der Waals surface area contributed by atoms with E-state index in [-0.39, 0.29) is 11.8 Å². The number of carbonyl (C=O) groups is 1. The maximum Gasteiger partial charge on any atom is 0.306 e. The Balaban J connectivity index is 1.84. The van der Waals surface area contributed by atoms with Gasteiger partial charge in [0.1, 0.15) is 10.6 Å². The van der Waals surface area contributed by atoms with Gasteiger partial charge in [0.05, 0.1) is 17.4 Å². The molecule has 1 atom stereocenters. The van der Waals surface area contributed by atoms with Gasteiger partial charge in [0.2, 0.25) is 0 Å². The lowest BCUT2D eigenvalue weighted by molar-refractivity contribution is -0.145. The molecule has 26 heavy (non-hydrogen) atoms. The van der Waals surface area contributed by atoms with E-state index in [4.69, 9.17) is 10.8 Å². The summed E-state index contributed by atoms with van der Waals surface area (Å²) in [5.74, 6) is -1.36. The molecular weight excluding hydrogens is 352 g/mol. The summed E-state index contributed by atoms with van der Waals surface area (Å²) in [6.07, 6.45) is 3.82. The molecule has 1 saturated carbocycles. The molecule has 3 rings (SSSR count). The SMILES string of the molecule is Cc1cc(N)cc(-c2cnc(C(O)(CO)C3CCC(C(=O)O)CC3)s2)c1. The van der Waals surface area contributed by atoms with E-state index in [0.717, 1.165) is 16.0 Å². The highest BCUT2D eigenvalue weighted by atomic mass is 32.1. The molecule has 0 aliphatic heterocycles. The number of aliphatic hydroxyl groups excluding tert-OH is 1. The second kappa shape index (κ2) is 7.34. The summed E-state index contributed by atoms with van der Waals surface area (Å²) >= 11 is 1.34. The van der Waals surface area contributed by atoms with Crippen molar-refractivity contribution in [1.29, 1.82) is 0 Å². The lowest BCUT2D eigenvalue weighted by atomic mass is 9.74. The number of hydrogen-bond acceptors (Lipinski definition) is 6. The monoisotopic (exact) mass is 376 g/mol. The van der Waals surface area contributed by atoms with E-state index in [1.807, 2.05) is 25.1 Å². The number of aliphatic hydroxyl groups is 2. The number of carboxylic acids is 1. The maximum absolute atomic E-state index is 11.1. The number of nitrogen functional groups attached to an aromatic ring is 1. The van der Waals surface area contributed by atoms with Gasteiger partial charge in [0, 0.05) is 11.9 Å². The van der Waals surface area contributed by atoms with Crippen molar-refractivity contribution in [3.05, 3.63) is 35.0 Å². The van der Waals surface area contributed by atoms with Crippen LogP contribution in [0.4, 0.5) is 5.69 Å².